The topological polar surface area (TPSA) is 32.3 Å². The molecule has 0 aliphatic rings. The standard InChI is InChI=1S/C14H17NO/c1-14(2,3)15-11-7-8-12-10(9-11)5-4-6-13(12)16/h4-9,15-16H,1-3H3. The number of hydrogen-bond donors (Lipinski definition) is 2. The minimum Gasteiger partial charge on any atom is -0.507 e. The number of rotatable bonds is 1. The summed E-state index contributed by atoms with van der Waals surface area (Å²) in [5.74, 6) is 0.333. The lowest BCUT2D eigenvalue weighted by Crippen LogP contribution is -2.25. The molecule has 2 heteroatoms. The number of benzene rings is 2. The molecule has 16 heavy (non-hydrogen) atoms. The smallest absolute Gasteiger partial charge is 0.123 e. The van der Waals surface area contributed by atoms with E-state index in [-0.39, 0.29) is 5.54 Å². The van der Waals surface area contributed by atoms with Gasteiger partial charge in [-0.3, -0.25) is 0 Å². The van der Waals surface area contributed by atoms with Crippen molar-refractivity contribution < 1.29 is 5.11 Å². The van der Waals surface area contributed by atoms with Crippen LogP contribution < -0.4 is 5.32 Å². The number of aromatic hydroxyl groups is 1. The van der Waals surface area contributed by atoms with Crippen LogP contribution in [0.5, 0.6) is 5.75 Å². The summed E-state index contributed by atoms with van der Waals surface area (Å²) >= 11 is 0. The monoisotopic (exact) mass is 215 g/mol. The quantitative estimate of drug-likeness (QED) is 0.759. The third-order valence-electron chi connectivity index (χ3n) is 2.38. The van der Waals surface area contributed by atoms with Crippen LogP contribution in [-0.4, -0.2) is 10.6 Å². The van der Waals surface area contributed by atoms with Crippen LogP contribution in [0.2, 0.25) is 0 Å². The lowest BCUT2D eigenvalue weighted by atomic mass is 10.1. The fraction of sp³-hybridized carbons (Fsp3) is 0.286. The predicted molar refractivity (Wildman–Crippen MR) is 69.0 cm³/mol. The van der Waals surface area contributed by atoms with Gasteiger partial charge in [0.05, 0.1) is 0 Å². The van der Waals surface area contributed by atoms with Crippen LogP contribution in [0.1, 0.15) is 20.8 Å². The van der Waals surface area contributed by atoms with Crippen molar-refractivity contribution in [3.63, 3.8) is 0 Å². The van der Waals surface area contributed by atoms with Gasteiger partial charge in [0.25, 0.3) is 0 Å². The first-order valence-electron chi connectivity index (χ1n) is 5.46. The van der Waals surface area contributed by atoms with Gasteiger partial charge in [0.1, 0.15) is 5.75 Å². The summed E-state index contributed by atoms with van der Waals surface area (Å²) in [6, 6.07) is 11.6. The van der Waals surface area contributed by atoms with Gasteiger partial charge < -0.3 is 10.4 Å². The van der Waals surface area contributed by atoms with Gasteiger partial charge in [0.15, 0.2) is 0 Å². The van der Waals surface area contributed by atoms with Crippen molar-refractivity contribution in [2.24, 2.45) is 0 Å². The van der Waals surface area contributed by atoms with E-state index < -0.39 is 0 Å². The molecule has 2 N–H and O–H groups in total. The molecule has 0 amide bonds. The molecule has 0 bridgehead atoms. The van der Waals surface area contributed by atoms with E-state index in [1.165, 1.54) is 0 Å². The molecule has 84 valence electrons. The summed E-state index contributed by atoms with van der Waals surface area (Å²) in [7, 11) is 0. The average Bonchev–Trinajstić information content (AvgIpc) is 2.15. The zero-order chi connectivity index (χ0) is 11.8. The predicted octanol–water partition coefficient (Wildman–Crippen LogP) is 3.76. The molecular weight excluding hydrogens is 198 g/mol. The molecular formula is C14H17NO. The largest absolute Gasteiger partial charge is 0.507 e. The van der Waals surface area contributed by atoms with Crippen LogP contribution in [0.25, 0.3) is 10.8 Å². The highest BCUT2D eigenvalue weighted by atomic mass is 16.3. The zero-order valence-electron chi connectivity index (χ0n) is 9.91. The molecule has 0 spiro atoms. The third kappa shape index (κ3) is 2.27. The SMILES string of the molecule is CC(C)(C)Nc1ccc2c(O)cccc2c1. The zero-order valence-corrected chi connectivity index (χ0v) is 9.91. The number of hydrogen-bond acceptors (Lipinski definition) is 2. The highest BCUT2D eigenvalue weighted by Crippen LogP contribution is 2.27. The molecule has 0 fully saturated rings. The molecule has 2 aromatic carbocycles. The van der Waals surface area contributed by atoms with Crippen LogP contribution in [0, 0.1) is 0 Å². The summed E-state index contributed by atoms with van der Waals surface area (Å²) < 4.78 is 0. The second kappa shape index (κ2) is 3.71. The third-order valence-corrected chi connectivity index (χ3v) is 2.38. The van der Waals surface area contributed by atoms with Crippen molar-refractivity contribution in [1.29, 1.82) is 0 Å². The van der Waals surface area contributed by atoms with Gasteiger partial charge >= 0.3 is 0 Å². The number of fused-ring (bicyclic) bond motifs is 1. The van der Waals surface area contributed by atoms with E-state index in [1.807, 2.05) is 24.3 Å². The Kier molecular flexibility index (Phi) is 2.50. The lowest BCUT2D eigenvalue weighted by Gasteiger charge is -2.22. The molecule has 0 aromatic heterocycles. The first kappa shape index (κ1) is 10.8. The fourth-order valence-electron chi connectivity index (χ4n) is 1.78. The summed E-state index contributed by atoms with van der Waals surface area (Å²) in [6.45, 7) is 6.37. The van der Waals surface area contributed by atoms with Crippen molar-refractivity contribution in [3.05, 3.63) is 36.4 Å². The summed E-state index contributed by atoms with van der Waals surface area (Å²) in [5, 5.41) is 15.0. The van der Waals surface area contributed by atoms with Crippen LogP contribution in [0.15, 0.2) is 36.4 Å². The van der Waals surface area contributed by atoms with Crippen molar-refractivity contribution >= 4 is 16.5 Å². The number of phenols is 1. The minimum absolute atomic E-state index is 0.0461. The van der Waals surface area contributed by atoms with E-state index in [0.29, 0.717) is 5.75 Å². The molecule has 0 radical (unpaired) electrons. The Balaban J connectivity index is 2.45. The number of anilines is 1. The fourth-order valence-corrected chi connectivity index (χ4v) is 1.78. The molecule has 0 atom stereocenters. The van der Waals surface area contributed by atoms with E-state index in [1.54, 1.807) is 6.07 Å². The highest BCUT2D eigenvalue weighted by Gasteiger charge is 2.09. The Bertz CT molecular complexity index is 512. The Morgan fingerprint density at radius 3 is 2.50 bits per heavy atom. The van der Waals surface area contributed by atoms with Gasteiger partial charge in [-0.25, -0.2) is 0 Å². The number of phenolic OH excluding ortho intramolecular Hbond substituents is 1. The van der Waals surface area contributed by atoms with E-state index in [4.69, 9.17) is 0 Å². The maximum absolute atomic E-state index is 9.67. The van der Waals surface area contributed by atoms with Crippen molar-refractivity contribution in [2.75, 3.05) is 5.32 Å². The Morgan fingerprint density at radius 1 is 1.06 bits per heavy atom. The van der Waals surface area contributed by atoms with Crippen molar-refractivity contribution in [1.82, 2.24) is 0 Å². The second-order valence-electron chi connectivity index (χ2n) is 5.09. The molecule has 2 rings (SSSR count). The molecule has 2 aromatic rings. The molecule has 0 saturated heterocycles. The van der Waals surface area contributed by atoms with Gasteiger partial charge in [-0.2, -0.15) is 0 Å². The molecule has 0 unspecified atom stereocenters. The highest BCUT2D eigenvalue weighted by molar-refractivity contribution is 5.90. The molecule has 0 aliphatic heterocycles. The Hall–Kier alpha value is -1.70. The summed E-state index contributed by atoms with van der Waals surface area (Å²) in [6.07, 6.45) is 0. The minimum atomic E-state index is 0.0461. The lowest BCUT2D eigenvalue weighted by molar-refractivity contribution is 0.481. The van der Waals surface area contributed by atoms with Crippen LogP contribution in [-0.2, 0) is 0 Å². The van der Waals surface area contributed by atoms with E-state index in [9.17, 15) is 5.11 Å². The average molecular weight is 215 g/mol. The first-order chi connectivity index (χ1) is 7.46. The Morgan fingerprint density at radius 2 is 1.81 bits per heavy atom. The van der Waals surface area contributed by atoms with Crippen molar-refractivity contribution in [3.8, 4) is 5.75 Å². The maximum atomic E-state index is 9.67. The van der Waals surface area contributed by atoms with Gasteiger partial charge in [-0.1, -0.05) is 12.1 Å². The summed E-state index contributed by atoms with van der Waals surface area (Å²) in [5.41, 5.74) is 1.12. The molecule has 0 saturated carbocycles. The molecule has 2 nitrogen and oxygen atoms in total. The van der Waals surface area contributed by atoms with E-state index >= 15 is 0 Å². The van der Waals surface area contributed by atoms with Crippen molar-refractivity contribution in [2.45, 2.75) is 26.3 Å². The second-order valence-corrected chi connectivity index (χ2v) is 5.09. The Labute approximate surface area is 95.9 Å². The van der Waals surface area contributed by atoms with Crippen LogP contribution in [0.4, 0.5) is 5.69 Å². The van der Waals surface area contributed by atoms with Gasteiger partial charge in [0.2, 0.25) is 0 Å². The van der Waals surface area contributed by atoms with Crippen LogP contribution in [0.3, 0.4) is 0 Å². The molecule has 0 aliphatic carbocycles. The first-order valence-corrected chi connectivity index (χ1v) is 5.46. The number of nitrogens with one attached hydrogen (secondary N) is 1. The van der Waals surface area contributed by atoms with Gasteiger partial charge in [-0.15, -0.1) is 0 Å². The van der Waals surface area contributed by atoms with Crippen LogP contribution >= 0.6 is 0 Å². The summed E-state index contributed by atoms with van der Waals surface area (Å²) in [4.78, 5) is 0. The van der Waals surface area contributed by atoms with E-state index in [2.05, 4.69) is 32.2 Å². The molecule has 0 heterocycles. The van der Waals surface area contributed by atoms with Gasteiger partial charge in [0, 0.05) is 16.6 Å². The van der Waals surface area contributed by atoms with Gasteiger partial charge in [-0.05, 0) is 50.4 Å². The maximum Gasteiger partial charge on any atom is 0.123 e. The van der Waals surface area contributed by atoms with E-state index in [0.717, 1.165) is 16.5 Å². The normalized spacial score (nSPS) is 11.7.